The summed E-state index contributed by atoms with van der Waals surface area (Å²) in [4.78, 5) is 29.6. The molecule has 0 bridgehead atoms. The first-order valence-corrected chi connectivity index (χ1v) is 13.0. The lowest BCUT2D eigenvalue weighted by atomic mass is 9.77. The van der Waals surface area contributed by atoms with E-state index in [4.69, 9.17) is 4.74 Å². The summed E-state index contributed by atoms with van der Waals surface area (Å²) in [5, 5.41) is 5.40. The van der Waals surface area contributed by atoms with Gasteiger partial charge in [0.25, 0.3) is 5.91 Å². The fourth-order valence-electron chi connectivity index (χ4n) is 5.54. The fourth-order valence-corrected chi connectivity index (χ4v) is 6.37. The maximum atomic E-state index is 14.0. The Kier molecular flexibility index (Phi) is 5.92. The molecule has 1 aliphatic carbocycles. The molecule has 0 radical (unpaired) electrons. The van der Waals surface area contributed by atoms with Crippen LogP contribution in [0.1, 0.15) is 56.1 Å². The monoisotopic (exact) mass is 479 g/mol. The fraction of sp³-hybridized carbons (Fsp3) is 0.481. The third-order valence-corrected chi connectivity index (χ3v) is 8.91. The second kappa shape index (κ2) is 8.77. The van der Waals surface area contributed by atoms with Crippen LogP contribution >= 0.6 is 11.3 Å². The number of fused-ring (bicyclic) bond motifs is 3. The number of hydrogen-bond donors (Lipinski definition) is 1. The first-order valence-electron chi connectivity index (χ1n) is 12.1. The van der Waals surface area contributed by atoms with E-state index >= 15 is 0 Å². The highest BCUT2D eigenvalue weighted by Crippen LogP contribution is 2.36. The SMILES string of the molecule is COc1ccc(CN2C(=O)c3cc4sccc4n3C[C@]2(C)C(=O)N[C@@H]2CCC[C@@H](C)[C@H]2C)cc1. The van der Waals surface area contributed by atoms with Crippen LogP contribution in [0.5, 0.6) is 5.75 Å². The third-order valence-electron chi connectivity index (χ3n) is 8.06. The van der Waals surface area contributed by atoms with E-state index in [1.165, 1.54) is 6.42 Å². The molecular weight excluding hydrogens is 446 g/mol. The number of carbonyl (C=O) groups excluding carboxylic acids is 2. The van der Waals surface area contributed by atoms with Crippen molar-refractivity contribution in [2.45, 2.75) is 64.7 Å². The van der Waals surface area contributed by atoms with Crippen LogP contribution in [0.2, 0.25) is 0 Å². The van der Waals surface area contributed by atoms with Crippen molar-refractivity contribution in [2.75, 3.05) is 7.11 Å². The Morgan fingerprint density at radius 1 is 1.21 bits per heavy atom. The van der Waals surface area contributed by atoms with Gasteiger partial charge in [-0.2, -0.15) is 0 Å². The zero-order valence-corrected chi connectivity index (χ0v) is 21.2. The van der Waals surface area contributed by atoms with Gasteiger partial charge in [-0.15, -0.1) is 11.3 Å². The Balaban J connectivity index is 1.51. The lowest BCUT2D eigenvalue weighted by molar-refractivity contribution is -0.134. The van der Waals surface area contributed by atoms with Crippen molar-refractivity contribution in [3.05, 3.63) is 53.0 Å². The van der Waals surface area contributed by atoms with Gasteiger partial charge in [0.05, 0.1) is 23.9 Å². The summed E-state index contributed by atoms with van der Waals surface area (Å²) in [5.41, 5.74) is 1.64. The molecule has 0 saturated heterocycles. The van der Waals surface area contributed by atoms with E-state index in [0.717, 1.165) is 34.4 Å². The van der Waals surface area contributed by atoms with Gasteiger partial charge in [0, 0.05) is 12.6 Å². The average Bonchev–Trinajstić information content (AvgIpc) is 3.42. The summed E-state index contributed by atoms with van der Waals surface area (Å²) in [5.74, 6) is 1.60. The van der Waals surface area contributed by atoms with E-state index in [1.807, 2.05) is 53.3 Å². The summed E-state index contributed by atoms with van der Waals surface area (Å²) in [6.45, 7) is 7.22. The predicted octanol–water partition coefficient (Wildman–Crippen LogP) is 5.07. The van der Waals surface area contributed by atoms with Gasteiger partial charge in [-0.3, -0.25) is 9.59 Å². The third kappa shape index (κ3) is 3.80. The van der Waals surface area contributed by atoms with E-state index in [9.17, 15) is 9.59 Å². The van der Waals surface area contributed by atoms with Gasteiger partial charge in [0.2, 0.25) is 5.91 Å². The van der Waals surface area contributed by atoms with Gasteiger partial charge in [0.15, 0.2) is 0 Å². The highest BCUT2D eigenvalue weighted by molar-refractivity contribution is 7.17. The molecule has 3 aromatic rings. The number of rotatable bonds is 5. The quantitative estimate of drug-likeness (QED) is 0.556. The Morgan fingerprint density at radius 3 is 2.71 bits per heavy atom. The molecule has 2 aromatic heterocycles. The number of nitrogens with one attached hydrogen (secondary N) is 1. The molecule has 7 heteroatoms. The minimum absolute atomic E-state index is 0.0666. The number of ether oxygens (including phenoxy) is 1. The van der Waals surface area contributed by atoms with E-state index in [0.29, 0.717) is 30.6 Å². The minimum atomic E-state index is -1.00. The van der Waals surface area contributed by atoms with Crippen LogP contribution in [0.15, 0.2) is 41.8 Å². The van der Waals surface area contributed by atoms with Crippen LogP contribution in [-0.2, 0) is 17.9 Å². The molecule has 1 fully saturated rings. The molecule has 2 amide bonds. The second-order valence-corrected chi connectivity index (χ2v) is 11.1. The summed E-state index contributed by atoms with van der Waals surface area (Å²) >= 11 is 1.62. The van der Waals surface area contributed by atoms with Gasteiger partial charge in [-0.25, -0.2) is 0 Å². The molecule has 34 heavy (non-hydrogen) atoms. The molecule has 1 aromatic carbocycles. The van der Waals surface area contributed by atoms with Crippen LogP contribution in [0, 0.1) is 11.8 Å². The molecule has 180 valence electrons. The zero-order chi connectivity index (χ0) is 24.0. The second-order valence-electron chi connectivity index (χ2n) is 10.1. The number of amides is 2. The Morgan fingerprint density at radius 2 is 1.97 bits per heavy atom. The van der Waals surface area contributed by atoms with Gasteiger partial charge in [0.1, 0.15) is 17.0 Å². The summed E-state index contributed by atoms with van der Waals surface area (Å²) in [6, 6.07) is 11.8. The van der Waals surface area contributed by atoms with E-state index in [-0.39, 0.29) is 17.9 Å². The molecule has 0 spiro atoms. The van der Waals surface area contributed by atoms with E-state index in [1.54, 1.807) is 23.3 Å². The van der Waals surface area contributed by atoms with Gasteiger partial charge in [-0.1, -0.05) is 38.8 Å². The van der Waals surface area contributed by atoms with Crippen LogP contribution in [0.4, 0.5) is 0 Å². The standard InChI is InChI=1S/C27H33N3O3S/c1-17-6-5-7-21(18(17)2)28-26(32)27(3)16-29-22-12-13-34-24(22)14-23(29)25(31)30(27)15-19-8-10-20(33-4)11-9-19/h8-14,17-18,21H,5-7,15-16H2,1-4H3,(H,28,32)/t17-,18-,21-,27-/m1/s1. The summed E-state index contributed by atoms with van der Waals surface area (Å²) < 4.78 is 8.40. The highest BCUT2D eigenvalue weighted by atomic mass is 32.1. The first-order chi connectivity index (χ1) is 16.3. The van der Waals surface area contributed by atoms with E-state index in [2.05, 4.69) is 19.2 Å². The highest BCUT2D eigenvalue weighted by Gasteiger charge is 2.48. The Labute approximate surface area is 204 Å². The predicted molar refractivity (Wildman–Crippen MR) is 135 cm³/mol. The van der Waals surface area contributed by atoms with Crippen molar-refractivity contribution in [3.63, 3.8) is 0 Å². The maximum absolute atomic E-state index is 14.0. The lowest BCUT2D eigenvalue weighted by Gasteiger charge is -2.45. The molecule has 0 unspecified atom stereocenters. The molecule has 1 saturated carbocycles. The van der Waals surface area contributed by atoms with Crippen molar-refractivity contribution in [2.24, 2.45) is 11.8 Å². The molecule has 6 nitrogen and oxygen atoms in total. The number of methoxy groups -OCH3 is 1. The molecule has 1 N–H and O–H groups in total. The summed E-state index contributed by atoms with van der Waals surface area (Å²) in [7, 11) is 1.64. The number of hydrogen-bond acceptors (Lipinski definition) is 4. The number of benzene rings is 1. The van der Waals surface area contributed by atoms with Crippen molar-refractivity contribution in [3.8, 4) is 5.75 Å². The molecule has 1 aliphatic heterocycles. The van der Waals surface area contributed by atoms with Crippen LogP contribution in [-0.4, -0.2) is 40.0 Å². The first kappa shape index (κ1) is 23.0. The molecule has 2 aliphatic rings. The topological polar surface area (TPSA) is 63.6 Å². The molecule has 4 atom stereocenters. The average molecular weight is 480 g/mol. The lowest BCUT2D eigenvalue weighted by Crippen LogP contribution is -2.65. The number of thiophene rings is 1. The Bertz CT molecular complexity index is 1210. The van der Waals surface area contributed by atoms with Crippen molar-refractivity contribution < 1.29 is 14.3 Å². The largest absolute Gasteiger partial charge is 0.497 e. The Hall–Kier alpha value is -2.80. The van der Waals surface area contributed by atoms with Crippen LogP contribution in [0.3, 0.4) is 0 Å². The number of nitrogens with zero attached hydrogens (tertiary/aromatic N) is 2. The zero-order valence-electron chi connectivity index (χ0n) is 20.3. The van der Waals surface area contributed by atoms with Gasteiger partial charge in [-0.05, 0) is 60.4 Å². The summed E-state index contributed by atoms with van der Waals surface area (Å²) in [6.07, 6.45) is 3.32. The number of carbonyl (C=O) groups is 2. The normalized spacial score (nSPS) is 27.0. The van der Waals surface area contributed by atoms with Crippen molar-refractivity contribution in [1.29, 1.82) is 0 Å². The van der Waals surface area contributed by atoms with Crippen molar-refractivity contribution >= 4 is 33.4 Å². The van der Waals surface area contributed by atoms with E-state index < -0.39 is 5.54 Å². The molecule has 3 heterocycles. The number of aromatic nitrogens is 1. The maximum Gasteiger partial charge on any atom is 0.271 e. The molecule has 5 rings (SSSR count). The van der Waals surface area contributed by atoms with Crippen LogP contribution < -0.4 is 10.1 Å². The van der Waals surface area contributed by atoms with Gasteiger partial charge >= 0.3 is 0 Å². The molecular formula is C27H33N3O3S. The minimum Gasteiger partial charge on any atom is -0.497 e. The smallest absolute Gasteiger partial charge is 0.271 e. The van der Waals surface area contributed by atoms with Gasteiger partial charge < -0.3 is 19.5 Å². The van der Waals surface area contributed by atoms with Crippen LogP contribution in [0.25, 0.3) is 10.2 Å². The van der Waals surface area contributed by atoms with Crippen molar-refractivity contribution in [1.82, 2.24) is 14.8 Å².